The van der Waals surface area contributed by atoms with E-state index in [-0.39, 0.29) is 11.5 Å². The van der Waals surface area contributed by atoms with E-state index in [0.29, 0.717) is 5.69 Å². The predicted octanol–water partition coefficient (Wildman–Crippen LogP) is 3.62. The molecule has 0 aromatic heterocycles. The average Bonchev–Trinajstić information content (AvgIpc) is 2.34. The van der Waals surface area contributed by atoms with Crippen LogP contribution in [0, 0.1) is 6.92 Å². The molecule has 2 rings (SSSR count). The third kappa shape index (κ3) is 2.52. The van der Waals surface area contributed by atoms with Crippen LogP contribution in [0.1, 0.15) is 5.56 Å². The molecule has 0 bridgehead atoms. The lowest BCUT2D eigenvalue weighted by Crippen LogP contribution is -2.38. The van der Waals surface area contributed by atoms with Gasteiger partial charge in [0.2, 0.25) is 0 Å². The van der Waals surface area contributed by atoms with E-state index >= 15 is 0 Å². The number of hydrogen-bond donors (Lipinski definition) is 0. The number of halogens is 3. The van der Waals surface area contributed by atoms with Gasteiger partial charge in [-0.25, -0.2) is 9.98 Å². The highest BCUT2D eigenvalue weighted by molar-refractivity contribution is 6.00. The predicted molar refractivity (Wildman–Crippen MR) is 70.4 cm³/mol. The average molecular weight is 267 g/mol. The van der Waals surface area contributed by atoms with Crippen molar-refractivity contribution in [2.45, 2.75) is 13.1 Å². The molecule has 1 aromatic rings. The maximum Gasteiger partial charge on any atom is 0.431 e. The summed E-state index contributed by atoms with van der Waals surface area (Å²) in [6, 6.07) is 5.11. The van der Waals surface area contributed by atoms with Gasteiger partial charge in [-0.3, -0.25) is 0 Å². The Morgan fingerprint density at radius 1 is 1.42 bits per heavy atom. The highest BCUT2D eigenvalue weighted by atomic mass is 19.4. The van der Waals surface area contributed by atoms with Gasteiger partial charge < -0.3 is 4.90 Å². The lowest BCUT2D eigenvalue weighted by Gasteiger charge is -2.30. The van der Waals surface area contributed by atoms with Crippen LogP contribution in [0.2, 0.25) is 0 Å². The minimum absolute atomic E-state index is 0.168. The smallest absolute Gasteiger partial charge is 0.319 e. The largest absolute Gasteiger partial charge is 0.431 e. The van der Waals surface area contributed by atoms with Crippen molar-refractivity contribution in [2.75, 3.05) is 11.4 Å². The molecule has 100 valence electrons. The van der Waals surface area contributed by atoms with Crippen LogP contribution >= 0.6 is 0 Å². The highest BCUT2D eigenvalue weighted by Crippen LogP contribution is 2.37. The van der Waals surface area contributed by atoms with Crippen LogP contribution in [0.15, 0.2) is 40.6 Å². The second kappa shape index (κ2) is 4.53. The maximum atomic E-state index is 12.8. The molecular weight excluding hydrogens is 255 g/mol. The summed E-state index contributed by atoms with van der Waals surface area (Å²) in [6.45, 7) is 8.30. The summed E-state index contributed by atoms with van der Waals surface area (Å²) >= 11 is 0. The van der Waals surface area contributed by atoms with Crippen LogP contribution in [0.3, 0.4) is 0 Å². The molecule has 1 heterocycles. The number of hydrogen-bond acceptors (Lipinski definition) is 3. The van der Waals surface area contributed by atoms with E-state index in [1.54, 1.807) is 25.1 Å². The lowest BCUT2D eigenvalue weighted by molar-refractivity contribution is -0.0597. The Balaban J connectivity index is 2.57. The summed E-state index contributed by atoms with van der Waals surface area (Å²) in [5, 5.41) is 0. The second-order valence-corrected chi connectivity index (χ2v) is 4.21. The topological polar surface area (TPSA) is 28.0 Å². The first kappa shape index (κ1) is 13.3. The molecule has 0 amide bonds. The molecule has 1 aromatic carbocycles. The second-order valence-electron chi connectivity index (χ2n) is 4.21. The Kier molecular flexibility index (Phi) is 3.18. The van der Waals surface area contributed by atoms with Gasteiger partial charge in [0.25, 0.3) is 0 Å². The molecular formula is C13H12F3N3. The lowest BCUT2D eigenvalue weighted by atomic mass is 10.1. The van der Waals surface area contributed by atoms with Crippen molar-refractivity contribution in [3.8, 4) is 0 Å². The van der Waals surface area contributed by atoms with Crippen LogP contribution in [-0.2, 0) is 0 Å². The molecule has 19 heavy (non-hydrogen) atoms. The van der Waals surface area contributed by atoms with Gasteiger partial charge in [-0.2, -0.15) is 13.2 Å². The van der Waals surface area contributed by atoms with Crippen molar-refractivity contribution in [1.82, 2.24) is 0 Å². The quantitative estimate of drug-likeness (QED) is 0.752. The minimum Gasteiger partial charge on any atom is -0.319 e. The molecule has 0 saturated heterocycles. The standard InChI is InChI=1S/C13H12F3N3/c1-8-4-5-11-10(6-8)18-12(13(14,15)16)7-19(11)9(2)17-3/h4-6H,2-3,7H2,1H3. The SMILES string of the molecule is C=NC(=C)N1CC(C(F)(F)F)=Nc2cc(C)ccc21. The number of rotatable bonds is 2. The van der Waals surface area contributed by atoms with Gasteiger partial charge >= 0.3 is 6.18 Å². The Morgan fingerprint density at radius 3 is 2.68 bits per heavy atom. The fourth-order valence-corrected chi connectivity index (χ4v) is 1.84. The summed E-state index contributed by atoms with van der Waals surface area (Å²) < 4.78 is 38.5. The molecule has 0 radical (unpaired) electrons. The van der Waals surface area contributed by atoms with Crippen LogP contribution in [0.4, 0.5) is 24.5 Å². The molecule has 0 fully saturated rings. The van der Waals surface area contributed by atoms with Crippen LogP contribution in [0.5, 0.6) is 0 Å². The normalized spacial score (nSPS) is 14.7. The molecule has 1 aliphatic rings. The zero-order chi connectivity index (χ0) is 14.2. The summed E-state index contributed by atoms with van der Waals surface area (Å²) in [7, 11) is 0. The highest BCUT2D eigenvalue weighted by Gasteiger charge is 2.39. The van der Waals surface area contributed by atoms with E-state index in [2.05, 4.69) is 23.3 Å². The van der Waals surface area contributed by atoms with E-state index in [1.807, 2.05) is 0 Å². The van der Waals surface area contributed by atoms with Gasteiger partial charge in [0.15, 0.2) is 0 Å². The number of benzene rings is 1. The van der Waals surface area contributed by atoms with Crippen molar-refractivity contribution in [3.05, 3.63) is 36.2 Å². The summed E-state index contributed by atoms with van der Waals surface area (Å²) in [4.78, 5) is 8.66. The Bertz CT molecular complexity index is 573. The Hall–Kier alpha value is -2.11. The molecule has 0 atom stereocenters. The molecule has 0 unspecified atom stereocenters. The Morgan fingerprint density at radius 2 is 2.11 bits per heavy atom. The van der Waals surface area contributed by atoms with Crippen LogP contribution < -0.4 is 4.90 Å². The van der Waals surface area contributed by atoms with Gasteiger partial charge in [-0.05, 0) is 31.3 Å². The van der Waals surface area contributed by atoms with E-state index in [1.165, 1.54) is 4.90 Å². The zero-order valence-electron chi connectivity index (χ0n) is 10.3. The first-order valence-corrected chi connectivity index (χ1v) is 5.51. The summed E-state index contributed by atoms with van der Waals surface area (Å²) in [5.41, 5.74) is 0.790. The fourth-order valence-electron chi connectivity index (χ4n) is 1.84. The van der Waals surface area contributed by atoms with E-state index in [4.69, 9.17) is 0 Å². The Labute approximate surface area is 108 Å². The monoisotopic (exact) mass is 267 g/mol. The third-order valence-corrected chi connectivity index (χ3v) is 2.81. The van der Waals surface area contributed by atoms with Crippen molar-refractivity contribution in [2.24, 2.45) is 9.98 Å². The van der Waals surface area contributed by atoms with Gasteiger partial charge in [-0.1, -0.05) is 12.6 Å². The maximum absolute atomic E-state index is 12.8. The van der Waals surface area contributed by atoms with Crippen molar-refractivity contribution < 1.29 is 13.2 Å². The number of aryl methyl sites for hydroxylation is 1. The molecule has 0 saturated carbocycles. The zero-order valence-corrected chi connectivity index (χ0v) is 10.3. The van der Waals surface area contributed by atoms with Gasteiger partial charge in [0.1, 0.15) is 11.5 Å². The fraction of sp³-hybridized carbons (Fsp3) is 0.231. The van der Waals surface area contributed by atoms with Crippen molar-refractivity contribution >= 4 is 23.8 Å². The summed E-state index contributed by atoms with van der Waals surface area (Å²) in [6.07, 6.45) is -4.47. The summed E-state index contributed by atoms with van der Waals surface area (Å²) in [5.74, 6) is 0.168. The molecule has 0 aliphatic carbocycles. The molecule has 1 aliphatic heterocycles. The first-order chi connectivity index (χ1) is 8.82. The van der Waals surface area contributed by atoms with Gasteiger partial charge in [-0.15, -0.1) is 0 Å². The van der Waals surface area contributed by atoms with Crippen molar-refractivity contribution in [3.63, 3.8) is 0 Å². The molecule has 6 heteroatoms. The van der Waals surface area contributed by atoms with E-state index in [0.717, 1.165) is 5.56 Å². The number of fused-ring (bicyclic) bond motifs is 1. The van der Waals surface area contributed by atoms with Gasteiger partial charge in [0.05, 0.1) is 17.9 Å². The number of alkyl halides is 3. The van der Waals surface area contributed by atoms with Gasteiger partial charge in [0, 0.05) is 0 Å². The minimum atomic E-state index is -4.47. The van der Waals surface area contributed by atoms with E-state index < -0.39 is 18.4 Å². The number of anilines is 1. The number of aliphatic imine (C=N–C) groups is 2. The first-order valence-electron chi connectivity index (χ1n) is 5.51. The van der Waals surface area contributed by atoms with Crippen molar-refractivity contribution in [1.29, 1.82) is 0 Å². The molecule has 0 N–H and O–H groups in total. The molecule has 3 nitrogen and oxygen atoms in total. The van der Waals surface area contributed by atoms with Crippen LogP contribution in [-0.4, -0.2) is 25.2 Å². The van der Waals surface area contributed by atoms with E-state index in [9.17, 15) is 13.2 Å². The van der Waals surface area contributed by atoms with Crippen LogP contribution in [0.25, 0.3) is 0 Å². The molecule has 0 spiro atoms. The number of nitrogens with zero attached hydrogens (tertiary/aromatic N) is 3. The third-order valence-electron chi connectivity index (χ3n) is 2.81.